The molecule has 7 nitrogen and oxygen atoms in total. The first-order valence-electron chi connectivity index (χ1n) is 11.6. The second-order valence-electron chi connectivity index (χ2n) is 9.44. The Kier molecular flexibility index (Phi) is 5.80. The van der Waals surface area contributed by atoms with Gasteiger partial charge in [-0.1, -0.05) is 0 Å². The number of benzene rings is 1. The number of aromatic nitrogens is 5. The van der Waals surface area contributed by atoms with Crippen LogP contribution in [0.5, 0.6) is 0 Å². The van der Waals surface area contributed by atoms with Crippen molar-refractivity contribution in [1.29, 1.82) is 0 Å². The summed E-state index contributed by atoms with van der Waals surface area (Å²) in [6, 6.07) is 7.25. The van der Waals surface area contributed by atoms with Gasteiger partial charge in [-0.3, -0.25) is 0 Å². The first kappa shape index (κ1) is 21.9. The maximum absolute atomic E-state index is 15.2. The number of hydrogen-bond acceptors (Lipinski definition) is 6. The number of rotatable bonds is 5. The van der Waals surface area contributed by atoms with Gasteiger partial charge in [0.1, 0.15) is 5.82 Å². The molecular weight excluding hydrogens is 417 g/mol. The van der Waals surface area contributed by atoms with Crippen LogP contribution in [-0.2, 0) is 0 Å². The summed E-state index contributed by atoms with van der Waals surface area (Å²) in [6.07, 6.45) is 3.93. The molecule has 5 rings (SSSR count). The fourth-order valence-corrected chi connectivity index (χ4v) is 4.64. The van der Waals surface area contributed by atoms with Crippen LogP contribution < -0.4 is 0 Å². The molecule has 0 radical (unpaired) electrons. The third-order valence-corrected chi connectivity index (χ3v) is 6.57. The normalized spacial score (nSPS) is 15.8. The summed E-state index contributed by atoms with van der Waals surface area (Å²) in [5.74, 6) is 0.0382. The molecule has 1 fully saturated rings. The van der Waals surface area contributed by atoms with Crippen LogP contribution in [0.1, 0.15) is 35.7 Å². The Hall–Kier alpha value is -2.97. The summed E-state index contributed by atoms with van der Waals surface area (Å²) in [5.41, 5.74) is 5.53. The third kappa shape index (κ3) is 4.45. The van der Waals surface area contributed by atoms with Crippen LogP contribution in [0.2, 0.25) is 0 Å². The molecule has 0 saturated carbocycles. The molecule has 1 aliphatic rings. The van der Waals surface area contributed by atoms with Crippen LogP contribution in [-0.4, -0.2) is 74.9 Å². The number of imidazole rings is 1. The van der Waals surface area contributed by atoms with Crippen LogP contribution in [0.3, 0.4) is 0 Å². The number of fused-ring (bicyclic) bond motifs is 2. The molecule has 3 aromatic heterocycles. The number of hydrogen-bond donors (Lipinski definition) is 0. The molecule has 0 bridgehead atoms. The van der Waals surface area contributed by atoms with Gasteiger partial charge in [0.25, 0.3) is 0 Å². The van der Waals surface area contributed by atoms with Crippen LogP contribution >= 0.6 is 0 Å². The van der Waals surface area contributed by atoms with Gasteiger partial charge in [0, 0.05) is 30.0 Å². The molecule has 1 aromatic carbocycles. The van der Waals surface area contributed by atoms with Crippen LogP contribution in [0.15, 0.2) is 30.5 Å². The minimum Gasteiger partial charge on any atom is -0.308 e. The number of aryl methyl sites for hydroxylation is 2. The van der Waals surface area contributed by atoms with Gasteiger partial charge in [0.05, 0.1) is 28.8 Å². The van der Waals surface area contributed by atoms with E-state index >= 15 is 4.39 Å². The van der Waals surface area contributed by atoms with Gasteiger partial charge in [-0.2, -0.15) is 15.3 Å². The lowest BCUT2D eigenvalue weighted by Gasteiger charge is -2.32. The lowest BCUT2D eigenvalue weighted by Crippen LogP contribution is -2.37. The van der Waals surface area contributed by atoms with E-state index in [0.717, 1.165) is 61.6 Å². The first-order valence-corrected chi connectivity index (χ1v) is 11.6. The largest absolute Gasteiger partial charge is 0.308 e. The number of likely N-dealkylation sites (N-methyl/N-ethyl adjacent to an activating group) is 1. The Morgan fingerprint density at radius 3 is 2.61 bits per heavy atom. The summed E-state index contributed by atoms with van der Waals surface area (Å²) >= 11 is 0. The standard InChI is InChI=1S/C25H30FN7/c1-16-11-23(30-33-15-17(2)27-25(16)33)19-12-21(26)20-14-22(28-29-24(20)13-19)18-5-7-32(8-6-18)10-9-31(3)4/h11-15,18H,5-10H2,1-4H3. The summed E-state index contributed by atoms with van der Waals surface area (Å²) in [4.78, 5) is 9.19. The van der Waals surface area contributed by atoms with Crippen molar-refractivity contribution in [3.8, 4) is 11.3 Å². The van der Waals surface area contributed by atoms with Gasteiger partial charge < -0.3 is 9.80 Å². The molecule has 0 N–H and O–H groups in total. The van der Waals surface area contributed by atoms with Crippen molar-refractivity contribution in [2.24, 2.45) is 0 Å². The predicted molar refractivity (Wildman–Crippen MR) is 128 cm³/mol. The van der Waals surface area contributed by atoms with Crippen LogP contribution in [0.25, 0.3) is 27.8 Å². The molecule has 1 saturated heterocycles. The minimum atomic E-state index is -0.288. The third-order valence-electron chi connectivity index (χ3n) is 6.57. The summed E-state index contributed by atoms with van der Waals surface area (Å²) < 4.78 is 17.0. The van der Waals surface area contributed by atoms with E-state index in [0.29, 0.717) is 28.1 Å². The molecule has 4 aromatic rings. The van der Waals surface area contributed by atoms with E-state index in [1.165, 1.54) is 0 Å². The summed E-state index contributed by atoms with van der Waals surface area (Å²) in [7, 11) is 4.21. The van der Waals surface area contributed by atoms with Crippen molar-refractivity contribution >= 4 is 16.6 Å². The zero-order valence-corrected chi connectivity index (χ0v) is 19.7. The molecule has 0 aliphatic carbocycles. The fraction of sp³-hybridized carbons (Fsp3) is 0.440. The Labute approximate surface area is 193 Å². The zero-order chi connectivity index (χ0) is 23.1. The van der Waals surface area contributed by atoms with Crippen molar-refractivity contribution in [3.05, 3.63) is 53.2 Å². The Balaban J connectivity index is 1.40. The first-order chi connectivity index (χ1) is 15.9. The van der Waals surface area contributed by atoms with Crippen molar-refractivity contribution in [3.63, 3.8) is 0 Å². The van der Waals surface area contributed by atoms with Gasteiger partial charge in [0.15, 0.2) is 5.65 Å². The fourth-order valence-electron chi connectivity index (χ4n) is 4.64. The van der Waals surface area contributed by atoms with Crippen LogP contribution in [0, 0.1) is 19.7 Å². The average molecular weight is 448 g/mol. The summed E-state index contributed by atoms with van der Waals surface area (Å²) in [6.45, 7) is 8.16. The lowest BCUT2D eigenvalue weighted by atomic mass is 9.92. The van der Waals surface area contributed by atoms with Gasteiger partial charge in [0.2, 0.25) is 0 Å². The predicted octanol–water partition coefficient (Wildman–Crippen LogP) is 3.84. The smallest absolute Gasteiger partial charge is 0.156 e. The Morgan fingerprint density at radius 2 is 1.85 bits per heavy atom. The monoisotopic (exact) mass is 447 g/mol. The molecule has 0 atom stereocenters. The van der Waals surface area contributed by atoms with E-state index < -0.39 is 0 Å². The highest BCUT2D eigenvalue weighted by Gasteiger charge is 2.23. The number of piperidine rings is 1. The molecule has 33 heavy (non-hydrogen) atoms. The van der Waals surface area contributed by atoms with Gasteiger partial charge >= 0.3 is 0 Å². The van der Waals surface area contributed by atoms with Crippen molar-refractivity contribution in [2.45, 2.75) is 32.6 Å². The van der Waals surface area contributed by atoms with Crippen molar-refractivity contribution in [2.75, 3.05) is 40.3 Å². The Morgan fingerprint density at radius 1 is 1.06 bits per heavy atom. The van der Waals surface area contributed by atoms with E-state index in [-0.39, 0.29) is 5.82 Å². The number of likely N-dealkylation sites (tertiary alicyclic amines) is 1. The SMILES string of the molecule is Cc1cn2nc(-c3cc(F)c4cc(C5CCN(CCN(C)C)CC5)nnc4c3)cc(C)c2n1. The van der Waals surface area contributed by atoms with Gasteiger partial charge in [-0.15, -0.1) is 0 Å². The summed E-state index contributed by atoms with van der Waals surface area (Å²) in [5, 5.41) is 14.1. The van der Waals surface area contributed by atoms with E-state index in [1.807, 2.05) is 38.2 Å². The van der Waals surface area contributed by atoms with E-state index in [1.54, 1.807) is 10.6 Å². The molecule has 0 amide bonds. The quantitative estimate of drug-likeness (QED) is 0.463. The van der Waals surface area contributed by atoms with Gasteiger partial charge in [-0.05, 0) is 83.7 Å². The molecule has 172 valence electrons. The zero-order valence-electron chi connectivity index (χ0n) is 19.7. The minimum absolute atomic E-state index is 0.288. The highest BCUT2D eigenvalue weighted by Crippen LogP contribution is 2.31. The van der Waals surface area contributed by atoms with Crippen molar-refractivity contribution in [1.82, 2.24) is 34.6 Å². The maximum atomic E-state index is 15.2. The molecule has 0 spiro atoms. The lowest BCUT2D eigenvalue weighted by molar-refractivity contribution is 0.192. The molecule has 1 aliphatic heterocycles. The molecule has 8 heteroatoms. The van der Waals surface area contributed by atoms with Gasteiger partial charge in [-0.25, -0.2) is 13.9 Å². The molecule has 4 heterocycles. The maximum Gasteiger partial charge on any atom is 0.156 e. The average Bonchev–Trinajstić information content (AvgIpc) is 3.18. The van der Waals surface area contributed by atoms with E-state index in [2.05, 4.69) is 44.2 Å². The Bertz CT molecular complexity index is 1310. The second kappa shape index (κ2) is 8.76. The highest BCUT2D eigenvalue weighted by atomic mass is 19.1. The van der Waals surface area contributed by atoms with Crippen molar-refractivity contribution < 1.29 is 4.39 Å². The molecular formula is C25H30FN7. The highest BCUT2D eigenvalue weighted by molar-refractivity contribution is 5.84. The molecule has 0 unspecified atom stereocenters. The second-order valence-corrected chi connectivity index (χ2v) is 9.44. The number of halogens is 1. The number of nitrogens with zero attached hydrogens (tertiary/aromatic N) is 7. The topological polar surface area (TPSA) is 62.5 Å². The van der Waals surface area contributed by atoms with E-state index in [9.17, 15) is 0 Å². The van der Waals surface area contributed by atoms with Crippen LogP contribution in [0.4, 0.5) is 4.39 Å². The van der Waals surface area contributed by atoms with E-state index in [4.69, 9.17) is 0 Å².